The Kier molecular flexibility index (Phi) is 3.87. The predicted octanol–water partition coefficient (Wildman–Crippen LogP) is 2.90. The molecule has 0 amide bonds. The van der Waals surface area contributed by atoms with Crippen LogP contribution in [0.2, 0.25) is 0 Å². The molecule has 21 heavy (non-hydrogen) atoms. The summed E-state index contributed by atoms with van der Waals surface area (Å²) in [7, 11) is 0. The molecule has 3 rings (SSSR count). The van der Waals surface area contributed by atoms with Gasteiger partial charge in [0.05, 0.1) is 6.54 Å². The molecule has 1 aromatic carbocycles. The Hall–Kier alpha value is -1.58. The zero-order valence-electron chi connectivity index (χ0n) is 12.7. The molecule has 0 bridgehead atoms. The van der Waals surface area contributed by atoms with Gasteiger partial charge in [-0.25, -0.2) is 4.39 Å². The van der Waals surface area contributed by atoms with Crippen LogP contribution in [0.15, 0.2) is 29.3 Å². The molecular weight excluding hydrogens is 265 g/mol. The summed E-state index contributed by atoms with van der Waals surface area (Å²) in [5.41, 5.74) is 7.45. The fourth-order valence-electron chi connectivity index (χ4n) is 3.22. The number of nitrogens with zero attached hydrogens (tertiary/aromatic N) is 2. The number of piperidine rings is 1. The van der Waals surface area contributed by atoms with Gasteiger partial charge in [0, 0.05) is 18.5 Å². The minimum atomic E-state index is -0.181. The molecule has 1 aliphatic carbocycles. The molecule has 2 fully saturated rings. The van der Waals surface area contributed by atoms with Crippen LogP contribution in [0.25, 0.3) is 0 Å². The van der Waals surface area contributed by atoms with E-state index in [1.807, 2.05) is 12.1 Å². The van der Waals surface area contributed by atoms with Gasteiger partial charge in [0.2, 0.25) is 0 Å². The maximum Gasteiger partial charge on any atom is 0.191 e. The summed E-state index contributed by atoms with van der Waals surface area (Å²) in [5, 5.41) is 0. The van der Waals surface area contributed by atoms with Crippen LogP contribution in [0, 0.1) is 11.7 Å². The molecule has 1 aliphatic heterocycles. The van der Waals surface area contributed by atoms with Gasteiger partial charge in [0.15, 0.2) is 5.96 Å². The monoisotopic (exact) mass is 289 g/mol. The maximum atomic E-state index is 13.0. The average molecular weight is 289 g/mol. The van der Waals surface area contributed by atoms with E-state index in [0.29, 0.717) is 11.9 Å². The topological polar surface area (TPSA) is 41.6 Å². The second-order valence-corrected chi connectivity index (χ2v) is 6.66. The van der Waals surface area contributed by atoms with Crippen LogP contribution in [0.3, 0.4) is 0 Å². The molecule has 4 heteroatoms. The number of nitrogens with two attached hydrogens (primary N) is 1. The van der Waals surface area contributed by atoms with Crippen molar-refractivity contribution in [3.8, 4) is 0 Å². The molecule has 2 aliphatic rings. The van der Waals surface area contributed by atoms with Crippen LogP contribution >= 0.6 is 0 Å². The third kappa shape index (κ3) is 3.20. The van der Waals surface area contributed by atoms with Crippen LogP contribution in [0.1, 0.15) is 38.2 Å². The highest BCUT2D eigenvalue weighted by atomic mass is 19.1. The first kappa shape index (κ1) is 14.4. The van der Waals surface area contributed by atoms with E-state index in [1.165, 1.54) is 30.5 Å². The van der Waals surface area contributed by atoms with Crippen molar-refractivity contribution in [1.82, 2.24) is 4.90 Å². The minimum Gasteiger partial charge on any atom is -0.370 e. The molecule has 1 saturated carbocycles. The van der Waals surface area contributed by atoms with Crippen molar-refractivity contribution in [2.45, 2.75) is 38.0 Å². The Morgan fingerprint density at radius 1 is 1.38 bits per heavy atom. The third-order valence-electron chi connectivity index (χ3n) is 4.83. The Balaban J connectivity index is 1.65. The van der Waals surface area contributed by atoms with Crippen molar-refractivity contribution in [3.05, 3.63) is 35.6 Å². The first-order valence-electron chi connectivity index (χ1n) is 7.90. The van der Waals surface area contributed by atoms with Crippen molar-refractivity contribution >= 4 is 5.96 Å². The fourth-order valence-corrected chi connectivity index (χ4v) is 3.22. The average Bonchev–Trinajstić information content (AvgIpc) is 3.27. The lowest BCUT2D eigenvalue weighted by molar-refractivity contribution is 0.270. The third-order valence-corrected chi connectivity index (χ3v) is 4.83. The smallest absolute Gasteiger partial charge is 0.191 e. The summed E-state index contributed by atoms with van der Waals surface area (Å²) in [6.45, 7) is 5.01. The summed E-state index contributed by atoms with van der Waals surface area (Å²) in [6, 6.07) is 6.84. The van der Waals surface area contributed by atoms with E-state index in [4.69, 9.17) is 5.73 Å². The van der Waals surface area contributed by atoms with Crippen LogP contribution in [-0.2, 0) is 5.41 Å². The fraction of sp³-hybridized carbons (Fsp3) is 0.588. The van der Waals surface area contributed by atoms with E-state index >= 15 is 0 Å². The summed E-state index contributed by atoms with van der Waals surface area (Å²) in [6.07, 6.45) is 4.71. The lowest BCUT2D eigenvalue weighted by Crippen LogP contribution is -2.43. The second-order valence-electron chi connectivity index (χ2n) is 6.66. The number of guanidine groups is 1. The van der Waals surface area contributed by atoms with E-state index in [9.17, 15) is 4.39 Å². The Bertz CT molecular complexity index is 519. The van der Waals surface area contributed by atoms with E-state index < -0.39 is 0 Å². The predicted molar refractivity (Wildman–Crippen MR) is 83.8 cm³/mol. The number of aliphatic imine (C=N–C) groups is 1. The lowest BCUT2D eigenvalue weighted by Gasteiger charge is -2.32. The molecule has 1 heterocycles. The molecule has 3 nitrogen and oxygen atoms in total. The van der Waals surface area contributed by atoms with E-state index in [-0.39, 0.29) is 11.2 Å². The number of rotatable bonds is 3. The van der Waals surface area contributed by atoms with Gasteiger partial charge in [-0.1, -0.05) is 19.1 Å². The van der Waals surface area contributed by atoms with Crippen LogP contribution in [0.5, 0.6) is 0 Å². The van der Waals surface area contributed by atoms with Crippen LogP contribution in [0.4, 0.5) is 4.39 Å². The minimum absolute atomic E-state index is 0.0969. The van der Waals surface area contributed by atoms with Crippen molar-refractivity contribution < 1.29 is 4.39 Å². The molecule has 1 atom stereocenters. The highest BCUT2D eigenvalue weighted by Gasteiger charge is 2.44. The molecule has 0 spiro atoms. The van der Waals surface area contributed by atoms with Gasteiger partial charge >= 0.3 is 0 Å². The van der Waals surface area contributed by atoms with Crippen molar-refractivity contribution in [1.29, 1.82) is 0 Å². The lowest BCUT2D eigenvalue weighted by atomic mass is 9.96. The van der Waals surface area contributed by atoms with Crippen molar-refractivity contribution in [2.24, 2.45) is 16.6 Å². The van der Waals surface area contributed by atoms with Crippen LogP contribution in [-0.4, -0.2) is 30.5 Å². The largest absolute Gasteiger partial charge is 0.370 e. The normalized spacial score (nSPS) is 25.0. The number of benzene rings is 1. The van der Waals surface area contributed by atoms with Gasteiger partial charge in [0.25, 0.3) is 0 Å². The number of likely N-dealkylation sites (tertiary alicyclic amines) is 1. The molecule has 0 radical (unpaired) electrons. The Labute approximate surface area is 126 Å². The van der Waals surface area contributed by atoms with Gasteiger partial charge in [-0.2, -0.15) is 0 Å². The molecule has 1 saturated heterocycles. The quantitative estimate of drug-likeness (QED) is 0.686. The zero-order valence-corrected chi connectivity index (χ0v) is 12.7. The van der Waals surface area contributed by atoms with Gasteiger partial charge in [0.1, 0.15) is 5.82 Å². The van der Waals surface area contributed by atoms with Gasteiger partial charge in [-0.15, -0.1) is 0 Å². The molecule has 114 valence electrons. The van der Waals surface area contributed by atoms with Gasteiger partial charge in [-0.3, -0.25) is 4.99 Å². The number of hydrogen-bond acceptors (Lipinski definition) is 1. The van der Waals surface area contributed by atoms with Crippen molar-refractivity contribution in [2.75, 3.05) is 19.6 Å². The van der Waals surface area contributed by atoms with E-state index in [2.05, 4.69) is 16.8 Å². The SMILES string of the molecule is CC1CCCN(C(N)=NCC2(c3ccc(F)cc3)CC2)C1. The van der Waals surface area contributed by atoms with E-state index in [0.717, 1.165) is 32.5 Å². The molecular formula is C17H24FN3. The van der Waals surface area contributed by atoms with E-state index in [1.54, 1.807) is 0 Å². The Morgan fingerprint density at radius 2 is 2.10 bits per heavy atom. The van der Waals surface area contributed by atoms with Crippen LogP contribution < -0.4 is 5.73 Å². The summed E-state index contributed by atoms with van der Waals surface area (Å²) >= 11 is 0. The highest BCUT2D eigenvalue weighted by Crippen LogP contribution is 2.48. The van der Waals surface area contributed by atoms with Crippen molar-refractivity contribution in [3.63, 3.8) is 0 Å². The first-order valence-corrected chi connectivity index (χ1v) is 7.90. The Morgan fingerprint density at radius 3 is 2.71 bits per heavy atom. The number of hydrogen-bond donors (Lipinski definition) is 1. The second kappa shape index (κ2) is 5.66. The maximum absolute atomic E-state index is 13.0. The highest BCUT2D eigenvalue weighted by molar-refractivity contribution is 5.78. The molecule has 1 unspecified atom stereocenters. The summed E-state index contributed by atoms with van der Waals surface area (Å²) < 4.78 is 13.0. The first-order chi connectivity index (χ1) is 10.1. The van der Waals surface area contributed by atoms with Gasteiger partial charge < -0.3 is 10.6 Å². The zero-order chi connectivity index (χ0) is 14.9. The van der Waals surface area contributed by atoms with Gasteiger partial charge in [-0.05, 0) is 49.3 Å². The summed E-state index contributed by atoms with van der Waals surface area (Å²) in [5.74, 6) is 1.19. The molecule has 2 N–H and O–H groups in total. The molecule has 1 aromatic rings. The standard InChI is InChI=1S/C17H24FN3/c1-13-3-2-10-21(11-13)16(19)20-12-17(8-9-17)14-4-6-15(18)7-5-14/h4-7,13H,2-3,8-12H2,1H3,(H2,19,20). The summed E-state index contributed by atoms with van der Waals surface area (Å²) in [4.78, 5) is 6.85. The number of halogens is 1. The molecule has 0 aromatic heterocycles.